The van der Waals surface area contributed by atoms with E-state index in [-0.39, 0.29) is 0 Å². The number of aromatic nitrogens is 1. The van der Waals surface area contributed by atoms with Crippen molar-refractivity contribution >= 4 is 31.3 Å². The largest absolute Gasteiger partial charge is 0.268 e. The van der Waals surface area contributed by atoms with Gasteiger partial charge in [0.25, 0.3) is 15.5 Å². The Morgan fingerprint density at radius 2 is 1.93 bits per heavy atom. The highest BCUT2D eigenvalue weighted by molar-refractivity contribution is 8.13. The maximum atomic E-state index is 12.9. The van der Waals surface area contributed by atoms with Crippen LogP contribution in [0.4, 0.5) is 13.2 Å². The molecule has 0 atom stereocenters. The Kier molecular flexibility index (Phi) is 3.47. The number of nitrogens with zero attached hydrogens (tertiary/aromatic N) is 1. The van der Waals surface area contributed by atoms with Crippen LogP contribution in [0, 0.1) is 5.82 Å². The van der Waals surface area contributed by atoms with E-state index in [9.17, 15) is 21.6 Å². The van der Waals surface area contributed by atoms with Crippen LogP contribution in [-0.2, 0) is 9.05 Å². The van der Waals surface area contributed by atoms with Gasteiger partial charge in [0.15, 0.2) is 5.82 Å². The van der Waals surface area contributed by atoms with Crippen LogP contribution in [0.15, 0.2) is 11.1 Å². The van der Waals surface area contributed by atoms with Gasteiger partial charge in [-0.05, 0) is 0 Å². The SMILES string of the molecule is O=S(=O)(Cl)c1c(Cl)ncc(F)c1C(F)F. The summed E-state index contributed by atoms with van der Waals surface area (Å²) in [6.07, 6.45) is -2.95. The van der Waals surface area contributed by atoms with E-state index in [0.29, 0.717) is 6.20 Å². The molecule has 0 aliphatic heterocycles. The Bertz CT molecular complexity index is 491. The molecule has 0 amide bonds. The highest BCUT2D eigenvalue weighted by Gasteiger charge is 2.29. The van der Waals surface area contributed by atoms with Gasteiger partial charge < -0.3 is 0 Å². The van der Waals surface area contributed by atoms with Crippen molar-refractivity contribution in [3.8, 4) is 0 Å². The third-order valence-electron chi connectivity index (χ3n) is 1.44. The summed E-state index contributed by atoms with van der Waals surface area (Å²) in [6.45, 7) is 0. The number of rotatable bonds is 2. The van der Waals surface area contributed by atoms with Crippen molar-refractivity contribution < 1.29 is 21.6 Å². The third kappa shape index (κ3) is 2.53. The molecule has 15 heavy (non-hydrogen) atoms. The summed E-state index contributed by atoms with van der Waals surface area (Å²) in [7, 11) is 0.259. The summed E-state index contributed by atoms with van der Waals surface area (Å²) in [6, 6.07) is 0. The minimum Gasteiger partial charge on any atom is -0.240 e. The average Bonchev–Trinajstić information content (AvgIpc) is 2.05. The normalized spacial score (nSPS) is 12.1. The summed E-state index contributed by atoms with van der Waals surface area (Å²) in [5.74, 6) is -1.48. The molecule has 1 rings (SSSR count). The van der Waals surface area contributed by atoms with Crippen LogP contribution >= 0.6 is 22.3 Å². The fraction of sp³-hybridized carbons (Fsp3) is 0.167. The molecule has 1 aromatic heterocycles. The monoisotopic (exact) mass is 279 g/mol. The molecule has 0 aliphatic carbocycles. The van der Waals surface area contributed by atoms with Crippen molar-refractivity contribution in [3.63, 3.8) is 0 Å². The predicted octanol–water partition coefficient (Wildman–Crippen LogP) is 2.74. The molecule has 9 heteroatoms. The highest BCUT2D eigenvalue weighted by atomic mass is 35.7. The van der Waals surface area contributed by atoms with Crippen molar-refractivity contribution in [1.82, 2.24) is 4.98 Å². The molecule has 3 nitrogen and oxygen atoms in total. The zero-order valence-corrected chi connectivity index (χ0v) is 9.04. The van der Waals surface area contributed by atoms with Gasteiger partial charge in [0, 0.05) is 10.7 Å². The molecule has 1 heterocycles. The van der Waals surface area contributed by atoms with E-state index in [2.05, 4.69) is 4.98 Å². The quantitative estimate of drug-likeness (QED) is 0.618. The molecule has 84 valence electrons. The Labute approximate surface area is 92.2 Å². The fourth-order valence-corrected chi connectivity index (χ4v) is 2.64. The molecule has 1 aromatic rings. The molecule has 0 spiro atoms. The zero-order chi connectivity index (χ0) is 11.8. The summed E-state index contributed by atoms with van der Waals surface area (Å²) >= 11 is 5.26. The number of hydrogen-bond donors (Lipinski definition) is 0. The van der Waals surface area contributed by atoms with Crippen LogP contribution < -0.4 is 0 Å². The van der Waals surface area contributed by atoms with E-state index in [1.54, 1.807) is 0 Å². The van der Waals surface area contributed by atoms with E-state index in [1.165, 1.54) is 0 Å². The number of pyridine rings is 1. The smallest absolute Gasteiger partial charge is 0.240 e. The minimum absolute atomic E-state index is 0.398. The van der Waals surface area contributed by atoms with Crippen molar-refractivity contribution in [3.05, 3.63) is 22.7 Å². The lowest BCUT2D eigenvalue weighted by Crippen LogP contribution is -2.04. The number of hydrogen-bond acceptors (Lipinski definition) is 3. The van der Waals surface area contributed by atoms with Gasteiger partial charge in [0.05, 0.1) is 11.8 Å². The van der Waals surface area contributed by atoms with E-state index in [1.807, 2.05) is 0 Å². The van der Waals surface area contributed by atoms with E-state index in [4.69, 9.17) is 22.3 Å². The summed E-state index contributed by atoms with van der Waals surface area (Å²) in [5, 5.41) is -0.790. The lowest BCUT2D eigenvalue weighted by atomic mass is 10.2. The molecule has 0 fully saturated rings. The first-order valence-corrected chi connectivity index (χ1v) is 6.00. The fourth-order valence-electron chi connectivity index (χ4n) is 0.896. The Balaban J connectivity index is 3.68. The van der Waals surface area contributed by atoms with Crippen molar-refractivity contribution in [2.24, 2.45) is 0 Å². The molecule has 0 N–H and O–H groups in total. The highest BCUT2D eigenvalue weighted by Crippen LogP contribution is 2.34. The van der Waals surface area contributed by atoms with Gasteiger partial charge in [-0.1, -0.05) is 11.6 Å². The minimum atomic E-state index is -4.57. The zero-order valence-electron chi connectivity index (χ0n) is 6.72. The van der Waals surface area contributed by atoms with Crippen LogP contribution in [0.3, 0.4) is 0 Å². The summed E-state index contributed by atoms with van der Waals surface area (Å²) < 4.78 is 59.3. The van der Waals surface area contributed by atoms with Gasteiger partial charge in [0.1, 0.15) is 10.0 Å². The van der Waals surface area contributed by atoms with Gasteiger partial charge in [-0.2, -0.15) is 0 Å². The van der Waals surface area contributed by atoms with E-state index < -0.39 is 36.9 Å². The maximum Gasteiger partial charge on any atom is 0.268 e. The van der Waals surface area contributed by atoms with E-state index >= 15 is 0 Å². The molecule has 0 unspecified atom stereocenters. The lowest BCUT2D eigenvalue weighted by molar-refractivity contribution is 0.142. The van der Waals surface area contributed by atoms with Crippen LogP contribution in [0.1, 0.15) is 12.0 Å². The van der Waals surface area contributed by atoms with Crippen LogP contribution in [0.25, 0.3) is 0 Å². The van der Waals surface area contributed by atoms with E-state index in [0.717, 1.165) is 0 Å². The predicted molar refractivity (Wildman–Crippen MR) is 47.2 cm³/mol. The van der Waals surface area contributed by atoms with Gasteiger partial charge in [-0.25, -0.2) is 26.6 Å². The molecular formula is C6H2Cl2F3NO2S. The third-order valence-corrected chi connectivity index (χ3v) is 3.21. The van der Waals surface area contributed by atoms with Crippen LogP contribution in [0.5, 0.6) is 0 Å². The van der Waals surface area contributed by atoms with Crippen molar-refractivity contribution in [2.75, 3.05) is 0 Å². The second kappa shape index (κ2) is 4.15. The standard InChI is InChI=1S/C6H2Cl2F3NO2S/c7-5-4(15(8,13)14)3(6(10)11)2(9)1-12-5/h1,6H. The first kappa shape index (κ1) is 12.5. The van der Waals surface area contributed by atoms with Crippen molar-refractivity contribution in [2.45, 2.75) is 11.3 Å². The van der Waals surface area contributed by atoms with Gasteiger partial charge in [-0.3, -0.25) is 0 Å². The van der Waals surface area contributed by atoms with Crippen LogP contribution in [0.2, 0.25) is 5.15 Å². The first-order valence-electron chi connectivity index (χ1n) is 3.32. The molecule has 0 saturated carbocycles. The van der Waals surface area contributed by atoms with Crippen molar-refractivity contribution in [1.29, 1.82) is 0 Å². The first-order chi connectivity index (χ1) is 6.75. The molecule has 0 saturated heterocycles. The molecule has 0 aliphatic rings. The maximum absolute atomic E-state index is 12.9. The summed E-state index contributed by atoms with van der Waals surface area (Å²) in [4.78, 5) is 1.89. The second-order valence-electron chi connectivity index (χ2n) is 2.38. The number of halogens is 5. The Morgan fingerprint density at radius 3 is 2.27 bits per heavy atom. The Morgan fingerprint density at radius 1 is 1.40 bits per heavy atom. The van der Waals surface area contributed by atoms with Gasteiger partial charge >= 0.3 is 0 Å². The topological polar surface area (TPSA) is 47.0 Å². The molecule has 0 bridgehead atoms. The molecule has 0 aromatic carbocycles. The molecule has 0 radical (unpaired) electrons. The van der Waals surface area contributed by atoms with Gasteiger partial charge in [-0.15, -0.1) is 0 Å². The Hall–Kier alpha value is -0.530. The average molecular weight is 280 g/mol. The van der Waals surface area contributed by atoms with Crippen LogP contribution in [-0.4, -0.2) is 13.4 Å². The summed E-state index contributed by atoms with van der Waals surface area (Å²) in [5.41, 5.74) is -1.37. The lowest BCUT2D eigenvalue weighted by Gasteiger charge is -2.07. The second-order valence-corrected chi connectivity index (χ2v) is 5.24. The number of alkyl halides is 2. The van der Waals surface area contributed by atoms with Gasteiger partial charge in [0.2, 0.25) is 0 Å². The molecular weight excluding hydrogens is 278 g/mol.